The first-order chi connectivity index (χ1) is 13.2. The lowest BCUT2D eigenvalue weighted by Gasteiger charge is -2.23. The van der Waals surface area contributed by atoms with Crippen LogP contribution in [0, 0.1) is 0 Å². The van der Waals surface area contributed by atoms with E-state index < -0.39 is 12.1 Å². The maximum absolute atomic E-state index is 12.9. The predicted octanol–water partition coefficient (Wildman–Crippen LogP) is 3.28. The van der Waals surface area contributed by atoms with Gasteiger partial charge in [-0.05, 0) is 25.0 Å². The van der Waals surface area contributed by atoms with Crippen molar-refractivity contribution < 1.29 is 18.8 Å². The lowest BCUT2D eigenvalue weighted by molar-refractivity contribution is -0.160. The SMILES string of the molecule is O=C(Cc1noc2ccccc12)OC(C(=O)N1CCCC1)c1ccccc1. The average molecular weight is 364 g/mol. The Bertz CT molecular complexity index is 945. The molecule has 2 heterocycles. The van der Waals surface area contributed by atoms with Crippen molar-refractivity contribution in [3.8, 4) is 0 Å². The van der Waals surface area contributed by atoms with Crippen molar-refractivity contribution in [3.05, 3.63) is 65.9 Å². The number of benzene rings is 2. The summed E-state index contributed by atoms with van der Waals surface area (Å²) >= 11 is 0. The second-order valence-electron chi connectivity index (χ2n) is 6.62. The maximum Gasteiger partial charge on any atom is 0.313 e. The van der Waals surface area contributed by atoms with Crippen LogP contribution in [0.1, 0.15) is 30.2 Å². The Morgan fingerprint density at radius 2 is 1.74 bits per heavy atom. The van der Waals surface area contributed by atoms with E-state index in [0.717, 1.165) is 18.2 Å². The molecular weight excluding hydrogens is 344 g/mol. The number of carbonyl (C=O) groups is 2. The van der Waals surface area contributed by atoms with Crippen molar-refractivity contribution in [2.24, 2.45) is 0 Å². The van der Waals surface area contributed by atoms with Gasteiger partial charge in [0.15, 0.2) is 5.58 Å². The van der Waals surface area contributed by atoms with Crippen LogP contribution in [0.25, 0.3) is 11.0 Å². The first-order valence-electron chi connectivity index (χ1n) is 9.09. The minimum absolute atomic E-state index is 0.0480. The van der Waals surface area contributed by atoms with E-state index in [4.69, 9.17) is 9.26 Å². The number of likely N-dealkylation sites (tertiary alicyclic amines) is 1. The summed E-state index contributed by atoms with van der Waals surface area (Å²) in [6.45, 7) is 1.40. The predicted molar refractivity (Wildman–Crippen MR) is 98.8 cm³/mol. The van der Waals surface area contributed by atoms with E-state index >= 15 is 0 Å². The molecule has 1 saturated heterocycles. The molecule has 1 fully saturated rings. The number of hydrogen-bond donors (Lipinski definition) is 0. The van der Waals surface area contributed by atoms with Gasteiger partial charge < -0.3 is 14.2 Å². The molecule has 1 aliphatic heterocycles. The second-order valence-corrected chi connectivity index (χ2v) is 6.62. The molecule has 27 heavy (non-hydrogen) atoms. The normalized spacial score (nSPS) is 15.0. The van der Waals surface area contributed by atoms with E-state index in [0.29, 0.717) is 29.9 Å². The number of amides is 1. The zero-order valence-corrected chi connectivity index (χ0v) is 14.8. The summed E-state index contributed by atoms with van der Waals surface area (Å²) in [5.41, 5.74) is 1.80. The Hall–Kier alpha value is -3.15. The van der Waals surface area contributed by atoms with Crippen LogP contribution >= 0.6 is 0 Å². The number of ether oxygens (including phenoxy) is 1. The van der Waals surface area contributed by atoms with Crippen LogP contribution in [0.3, 0.4) is 0 Å². The van der Waals surface area contributed by atoms with E-state index in [2.05, 4.69) is 5.16 Å². The van der Waals surface area contributed by atoms with Gasteiger partial charge in [0.2, 0.25) is 6.10 Å². The van der Waals surface area contributed by atoms with Gasteiger partial charge in [0, 0.05) is 24.0 Å². The number of rotatable bonds is 5. The standard InChI is InChI=1S/C21H20N2O4/c24-19(14-17-16-10-4-5-11-18(16)27-22-17)26-20(15-8-2-1-3-9-15)21(25)23-12-6-7-13-23/h1-5,8-11,20H,6-7,12-14H2. The van der Waals surface area contributed by atoms with Crippen LogP contribution in [0.4, 0.5) is 0 Å². The smallest absolute Gasteiger partial charge is 0.313 e. The summed E-state index contributed by atoms with van der Waals surface area (Å²) in [6.07, 6.45) is 0.973. The molecule has 138 valence electrons. The lowest BCUT2D eigenvalue weighted by atomic mass is 10.1. The minimum atomic E-state index is -0.935. The van der Waals surface area contributed by atoms with Gasteiger partial charge in [-0.15, -0.1) is 0 Å². The van der Waals surface area contributed by atoms with E-state index in [1.807, 2.05) is 36.4 Å². The fourth-order valence-electron chi connectivity index (χ4n) is 3.37. The molecule has 3 aromatic rings. The fraction of sp³-hybridized carbons (Fsp3) is 0.286. The molecular formula is C21H20N2O4. The number of para-hydroxylation sites is 1. The molecule has 0 N–H and O–H groups in total. The highest BCUT2D eigenvalue weighted by atomic mass is 16.5. The quantitative estimate of drug-likeness (QED) is 0.650. The van der Waals surface area contributed by atoms with Gasteiger partial charge in [0.1, 0.15) is 5.69 Å². The summed E-state index contributed by atoms with van der Waals surface area (Å²) in [6, 6.07) is 16.5. The average Bonchev–Trinajstić information content (AvgIpc) is 3.37. The topological polar surface area (TPSA) is 72.6 Å². The molecule has 0 aliphatic carbocycles. The second kappa shape index (κ2) is 7.61. The molecule has 4 rings (SSSR count). The van der Waals surface area contributed by atoms with Crippen LogP contribution in [-0.4, -0.2) is 35.0 Å². The van der Waals surface area contributed by atoms with Crippen LogP contribution < -0.4 is 0 Å². The first kappa shape index (κ1) is 17.3. The number of hydrogen-bond acceptors (Lipinski definition) is 5. The number of fused-ring (bicyclic) bond motifs is 1. The van der Waals surface area contributed by atoms with E-state index in [1.54, 1.807) is 23.1 Å². The van der Waals surface area contributed by atoms with E-state index in [9.17, 15) is 9.59 Å². The molecule has 6 heteroatoms. The third-order valence-electron chi connectivity index (χ3n) is 4.76. The van der Waals surface area contributed by atoms with Gasteiger partial charge in [-0.1, -0.05) is 47.6 Å². The van der Waals surface area contributed by atoms with Gasteiger partial charge in [-0.3, -0.25) is 9.59 Å². The first-order valence-corrected chi connectivity index (χ1v) is 9.09. The largest absolute Gasteiger partial charge is 0.447 e. The summed E-state index contributed by atoms with van der Waals surface area (Å²) in [7, 11) is 0. The van der Waals surface area contributed by atoms with Crippen molar-refractivity contribution in [3.63, 3.8) is 0 Å². The van der Waals surface area contributed by atoms with Crippen molar-refractivity contribution in [1.82, 2.24) is 10.1 Å². The molecule has 6 nitrogen and oxygen atoms in total. The number of esters is 1. The van der Waals surface area contributed by atoms with Gasteiger partial charge in [0.25, 0.3) is 5.91 Å². The van der Waals surface area contributed by atoms with Gasteiger partial charge in [-0.2, -0.15) is 0 Å². The molecule has 0 spiro atoms. The Labute approximate surface area is 156 Å². The molecule has 0 bridgehead atoms. The van der Waals surface area contributed by atoms with Gasteiger partial charge >= 0.3 is 5.97 Å². The molecule has 1 aliphatic rings. The van der Waals surface area contributed by atoms with Crippen molar-refractivity contribution in [2.75, 3.05) is 13.1 Å². The zero-order chi connectivity index (χ0) is 18.6. The highest BCUT2D eigenvalue weighted by Crippen LogP contribution is 2.24. The number of nitrogens with zero attached hydrogens (tertiary/aromatic N) is 2. The van der Waals surface area contributed by atoms with Crippen LogP contribution in [0.15, 0.2) is 59.1 Å². The number of aromatic nitrogens is 1. The van der Waals surface area contributed by atoms with Crippen molar-refractivity contribution >= 4 is 22.8 Å². The van der Waals surface area contributed by atoms with E-state index in [-0.39, 0.29) is 12.3 Å². The molecule has 0 radical (unpaired) electrons. The van der Waals surface area contributed by atoms with Crippen molar-refractivity contribution in [1.29, 1.82) is 0 Å². The third kappa shape index (κ3) is 3.69. The highest BCUT2D eigenvalue weighted by Gasteiger charge is 2.31. The van der Waals surface area contributed by atoms with Crippen LogP contribution in [0.2, 0.25) is 0 Å². The van der Waals surface area contributed by atoms with Gasteiger partial charge in [0.05, 0.1) is 6.42 Å². The Morgan fingerprint density at radius 3 is 2.52 bits per heavy atom. The lowest BCUT2D eigenvalue weighted by Crippen LogP contribution is -2.35. The molecule has 0 saturated carbocycles. The Morgan fingerprint density at radius 1 is 1.04 bits per heavy atom. The molecule has 1 amide bonds. The van der Waals surface area contributed by atoms with Crippen LogP contribution in [0.5, 0.6) is 0 Å². The van der Waals surface area contributed by atoms with Crippen molar-refractivity contribution in [2.45, 2.75) is 25.4 Å². The Kier molecular flexibility index (Phi) is 4.87. The molecule has 2 aromatic carbocycles. The molecule has 1 atom stereocenters. The Balaban J connectivity index is 1.53. The van der Waals surface area contributed by atoms with Crippen LogP contribution in [-0.2, 0) is 20.7 Å². The zero-order valence-electron chi connectivity index (χ0n) is 14.8. The third-order valence-corrected chi connectivity index (χ3v) is 4.76. The van der Waals surface area contributed by atoms with E-state index in [1.165, 1.54) is 0 Å². The molecule has 1 unspecified atom stereocenters. The monoisotopic (exact) mass is 364 g/mol. The summed E-state index contributed by atoms with van der Waals surface area (Å²) < 4.78 is 10.9. The van der Waals surface area contributed by atoms with Gasteiger partial charge in [-0.25, -0.2) is 0 Å². The highest BCUT2D eigenvalue weighted by molar-refractivity contribution is 5.87. The minimum Gasteiger partial charge on any atom is -0.447 e. The summed E-state index contributed by atoms with van der Waals surface area (Å²) in [5, 5.41) is 4.74. The summed E-state index contributed by atoms with van der Waals surface area (Å²) in [5.74, 6) is -0.674. The molecule has 1 aromatic heterocycles. The fourth-order valence-corrected chi connectivity index (χ4v) is 3.37. The summed E-state index contributed by atoms with van der Waals surface area (Å²) in [4.78, 5) is 27.3. The number of carbonyl (C=O) groups excluding carboxylic acids is 2. The maximum atomic E-state index is 12.9.